The van der Waals surface area contributed by atoms with Gasteiger partial charge in [-0.2, -0.15) is 0 Å². The van der Waals surface area contributed by atoms with Crippen molar-refractivity contribution in [3.63, 3.8) is 0 Å². The number of hydrogen-bond donors (Lipinski definition) is 3. The van der Waals surface area contributed by atoms with E-state index in [9.17, 15) is 20.1 Å². The molecule has 0 amide bonds. The Balaban J connectivity index is 2.44. The zero-order valence-electron chi connectivity index (χ0n) is 7.67. The van der Waals surface area contributed by atoms with Crippen LogP contribution in [0.2, 0.25) is 0 Å². The van der Waals surface area contributed by atoms with Crippen LogP contribution in [0.4, 0.5) is 0 Å². The van der Waals surface area contributed by atoms with Crippen LogP contribution in [0.25, 0.3) is 0 Å². The Hall–Kier alpha value is -0.910. The maximum atomic E-state index is 11.4. The van der Waals surface area contributed by atoms with E-state index in [2.05, 4.69) is 0 Å². The molecule has 1 heterocycles. The molecule has 3 N–H and O–H groups in total. The Morgan fingerprint density at radius 1 is 1.57 bits per heavy atom. The largest absolute Gasteiger partial charge is 0.472 e. The van der Waals surface area contributed by atoms with E-state index in [0.29, 0.717) is 5.57 Å². The Morgan fingerprint density at radius 2 is 2.21 bits per heavy atom. The van der Waals surface area contributed by atoms with Gasteiger partial charge in [0.25, 0.3) is 0 Å². The van der Waals surface area contributed by atoms with Crippen LogP contribution in [0.3, 0.4) is 0 Å². The number of ether oxygens (including phenoxy) is 1. The van der Waals surface area contributed by atoms with E-state index in [0.717, 1.165) is 0 Å². The van der Waals surface area contributed by atoms with Crippen LogP contribution in [0.5, 0.6) is 0 Å². The lowest BCUT2D eigenvalue weighted by atomic mass is 9.83. The third kappa shape index (κ3) is 1.03. The van der Waals surface area contributed by atoms with E-state index in [-0.39, 0.29) is 6.42 Å². The molecule has 0 radical (unpaired) electrons. The van der Waals surface area contributed by atoms with Crippen molar-refractivity contribution in [2.45, 2.75) is 31.3 Å². The maximum absolute atomic E-state index is 11.4. The van der Waals surface area contributed by atoms with Gasteiger partial charge in [0, 0.05) is 6.42 Å². The third-order valence-electron chi connectivity index (χ3n) is 3.01. The quantitative estimate of drug-likeness (QED) is 0.463. The zero-order chi connectivity index (χ0) is 10.5. The average molecular weight is 200 g/mol. The molecule has 4 unspecified atom stereocenters. The van der Waals surface area contributed by atoms with E-state index in [1.807, 2.05) is 0 Å². The van der Waals surface area contributed by atoms with Crippen molar-refractivity contribution in [1.29, 1.82) is 0 Å². The summed E-state index contributed by atoms with van der Waals surface area (Å²) in [6, 6.07) is 0. The topological polar surface area (TPSA) is 87.0 Å². The highest BCUT2D eigenvalue weighted by Gasteiger charge is 2.58. The van der Waals surface area contributed by atoms with Gasteiger partial charge in [0.2, 0.25) is 6.29 Å². The minimum atomic E-state index is -1.45. The van der Waals surface area contributed by atoms with Gasteiger partial charge in [0.15, 0.2) is 5.78 Å². The second-order valence-corrected chi connectivity index (χ2v) is 3.85. The number of carbonyl (C=O) groups is 1. The molecule has 1 fully saturated rings. The highest BCUT2D eigenvalue weighted by atomic mass is 16.6. The van der Waals surface area contributed by atoms with Gasteiger partial charge in [-0.15, -0.1) is 0 Å². The highest BCUT2D eigenvalue weighted by molar-refractivity contribution is 5.90. The molecule has 1 saturated carbocycles. The molecule has 1 aliphatic heterocycles. The van der Waals surface area contributed by atoms with Gasteiger partial charge in [-0.1, -0.05) is 0 Å². The Morgan fingerprint density at radius 3 is 2.79 bits per heavy atom. The predicted molar refractivity (Wildman–Crippen MR) is 44.9 cm³/mol. The lowest BCUT2D eigenvalue weighted by Gasteiger charge is -2.35. The van der Waals surface area contributed by atoms with Gasteiger partial charge >= 0.3 is 0 Å². The van der Waals surface area contributed by atoms with E-state index in [4.69, 9.17) is 4.74 Å². The van der Waals surface area contributed by atoms with Gasteiger partial charge in [-0.05, 0) is 12.5 Å². The number of rotatable bonds is 0. The van der Waals surface area contributed by atoms with Crippen molar-refractivity contribution >= 4 is 5.78 Å². The molecule has 14 heavy (non-hydrogen) atoms. The second kappa shape index (κ2) is 2.79. The van der Waals surface area contributed by atoms with Gasteiger partial charge < -0.3 is 20.1 Å². The van der Waals surface area contributed by atoms with E-state index >= 15 is 0 Å². The number of Topliss-reactive ketones (excluding diaryl/α,β-unsaturated/α-hetero) is 1. The van der Waals surface area contributed by atoms with Gasteiger partial charge in [0.1, 0.15) is 17.6 Å². The summed E-state index contributed by atoms with van der Waals surface area (Å²) >= 11 is 0. The Kier molecular flexibility index (Phi) is 1.92. The van der Waals surface area contributed by atoms with Crippen LogP contribution in [0.1, 0.15) is 13.3 Å². The Labute approximate surface area is 80.6 Å². The average Bonchev–Trinajstić information content (AvgIpc) is 2.34. The fraction of sp³-hybridized carbons (Fsp3) is 0.667. The van der Waals surface area contributed by atoms with E-state index in [1.54, 1.807) is 6.92 Å². The SMILES string of the molecule is CC1=COC(O)C2C(=O)C(O)CC12O. The molecule has 2 aliphatic rings. The standard InChI is InChI=1S/C9H12O5/c1-4-3-14-8(12)6-7(11)5(10)2-9(4,6)13/h3,5-6,8,10,12-13H,2H2,1H3. The lowest BCUT2D eigenvalue weighted by Crippen LogP contribution is -2.47. The summed E-state index contributed by atoms with van der Waals surface area (Å²) < 4.78 is 4.79. The summed E-state index contributed by atoms with van der Waals surface area (Å²) in [5.41, 5.74) is -0.994. The van der Waals surface area contributed by atoms with Gasteiger partial charge in [0.05, 0.1) is 6.26 Å². The molecule has 0 spiro atoms. The molecule has 4 atom stereocenters. The molecule has 1 aliphatic carbocycles. The van der Waals surface area contributed by atoms with Crippen LogP contribution in [0.15, 0.2) is 11.8 Å². The van der Waals surface area contributed by atoms with Crippen molar-refractivity contribution < 1.29 is 24.9 Å². The summed E-state index contributed by atoms with van der Waals surface area (Å²) in [5, 5.41) is 28.8. The van der Waals surface area contributed by atoms with E-state index in [1.165, 1.54) is 6.26 Å². The molecule has 78 valence electrons. The first-order valence-electron chi connectivity index (χ1n) is 4.42. The Bertz CT molecular complexity index is 310. The fourth-order valence-electron chi connectivity index (χ4n) is 2.10. The third-order valence-corrected chi connectivity index (χ3v) is 3.01. The summed E-state index contributed by atoms with van der Waals surface area (Å²) in [4.78, 5) is 11.4. The van der Waals surface area contributed by atoms with Gasteiger partial charge in [-0.25, -0.2) is 0 Å². The number of ketones is 1. The molecular weight excluding hydrogens is 188 g/mol. The minimum Gasteiger partial charge on any atom is -0.472 e. The summed E-state index contributed by atoms with van der Waals surface area (Å²) in [7, 11) is 0. The lowest BCUT2D eigenvalue weighted by molar-refractivity contribution is -0.166. The molecule has 0 aromatic carbocycles. The number of aliphatic hydroxyl groups excluding tert-OH is 2. The fourth-order valence-corrected chi connectivity index (χ4v) is 2.10. The molecule has 0 saturated heterocycles. The monoisotopic (exact) mass is 200 g/mol. The summed E-state index contributed by atoms with van der Waals surface area (Å²) in [6.07, 6.45) is -1.43. The highest BCUT2D eigenvalue weighted by Crippen LogP contribution is 2.43. The van der Waals surface area contributed by atoms with Crippen LogP contribution in [-0.2, 0) is 9.53 Å². The molecule has 2 rings (SSSR count). The molecule has 5 heteroatoms. The molecular formula is C9H12O5. The number of aliphatic hydroxyl groups is 3. The maximum Gasteiger partial charge on any atom is 0.209 e. The number of fused-ring (bicyclic) bond motifs is 1. The zero-order valence-corrected chi connectivity index (χ0v) is 7.67. The van der Waals surface area contributed by atoms with Gasteiger partial charge in [-0.3, -0.25) is 4.79 Å². The van der Waals surface area contributed by atoms with Crippen molar-refractivity contribution in [3.05, 3.63) is 11.8 Å². The molecule has 0 bridgehead atoms. The van der Waals surface area contributed by atoms with Crippen molar-refractivity contribution in [2.75, 3.05) is 0 Å². The smallest absolute Gasteiger partial charge is 0.209 e. The van der Waals surface area contributed by atoms with Crippen molar-refractivity contribution in [3.8, 4) is 0 Å². The minimum absolute atomic E-state index is 0.0702. The first-order chi connectivity index (χ1) is 6.47. The number of carbonyl (C=O) groups excluding carboxylic acids is 1. The predicted octanol–water partition coefficient (Wildman–Crippen LogP) is -1.08. The van der Waals surface area contributed by atoms with Crippen molar-refractivity contribution in [1.82, 2.24) is 0 Å². The molecule has 5 nitrogen and oxygen atoms in total. The number of hydrogen-bond acceptors (Lipinski definition) is 5. The summed E-state index contributed by atoms with van der Waals surface area (Å²) in [5.74, 6) is -1.63. The van der Waals surface area contributed by atoms with E-state index < -0.39 is 29.7 Å². The van der Waals surface area contributed by atoms with Crippen LogP contribution < -0.4 is 0 Å². The molecule has 0 aromatic rings. The first kappa shape index (κ1) is 9.64. The van der Waals surface area contributed by atoms with Crippen molar-refractivity contribution in [2.24, 2.45) is 5.92 Å². The summed E-state index contributed by atoms with van der Waals surface area (Å²) in [6.45, 7) is 1.60. The van der Waals surface area contributed by atoms with Crippen LogP contribution >= 0.6 is 0 Å². The second-order valence-electron chi connectivity index (χ2n) is 3.85. The van der Waals surface area contributed by atoms with Crippen LogP contribution in [-0.4, -0.2) is 39.1 Å². The van der Waals surface area contributed by atoms with Crippen LogP contribution in [0, 0.1) is 5.92 Å². The normalized spacial score (nSPS) is 47.0. The first-order valence-corrected chi connectivity index (χ1v) is 4.42. The molecule has 0 aromatic heterocycles.